The molecule has 0 bridgehead atoms. The number of rotatable bonds is 11. The van der Waals surface area contributed by atoms with Crippen LogP contribution in [0.4, 0.5) is 0 Å². The molecule has 0 atom stereocenters. The molecular formula is C26H36N4O3S. The fourth-order valence-corrected chi connectivity index (χ4v) is 5.55. The summed E-state index contributed by atoms with van der Waals surface area (Å²) in [6.45, 7) is 8.57. The molecule has 0 amide bonds. The maximum atomic E-state index is 12.7. The van der Waals surface area contributed by atoms with Gasteiger partial charge in [-0.3, -0.25) is 0 Å². The number of aromatic amines is 1. The third-order valence-electron chi connectivity index (χ3n) is 6.54. The molecule has 1 aliphatic heterocycles. The van der Waals surface area contributed by atoms with Crippen molar-refractivity contribution in [1.29, 1.82) is 0 Å². The molecular weight excluding hydrogens is 448 g/mol. The molecule has 1 saturated heterocycles. The van der Waals surface area contributed by atoms with Gasteiger partial charge in [0.2, 0.25) is 10.0 Å². The number of ether oxygens (including phenoxy) is 1. The summed E-state index contributed by atoms with van der Waals surface area (Å²) in [5.74, 6) is 0.701. The van der Waals surface area contributed by atoms with Gasteiger partial charge in [-0.2, -0.15) is 0 Å². The van der Waals surface area contributed by atoms with Gasteiger partial charge in [0.25, 0.3) is 0 Å². The van der Waals surface area contributed by atoms with Crippen molar-refractivity contribution in [1.82, 2.24) is 19.5 Å². The van der Waals surface area contributed by atoms with Gasteiger partial charge in [0.1, 0.15) is 5.75 Å². The van der Waals surface area contributed by atoms with Crippen molar-refractivity contribution in [2.24, 2.45) is 0 Å². The fourth-order valence-electron chi connectivity index (χ4n) is 4.48. The zero-order chi connectivity index (χ0) is 24.0. The minimum atomic E-state index is -3.54. The highest BCUT2D eigenvalue weighted by atomic mass is 32.2. The normalized spacial score (nSPS) is 15.7. The number of benzene rings is 2. The van der Waals surface area contributed by atoms with Crippen LogP contribution in [0.3, 0.4) is 0 Å². The molecule has 2 N–H and O–H groups in total. The Morgan fingerprint density at radius 2 is 1.74 bits per heavy atom. The molecule has 1 aromatic heterocycles. The number of hydrogen-bond donors (Lipinski definition) is 2. The van der Waals surface area contributed by atoms with Crippen LogP contribution in [-0.2, 0) is 16.4 Å². The van der Waals surface area contributed by atoms with Gasteiger partial charge in [0, 0.05) is 55.9 Å². The third-order valence-corrected chi connectivity index (χ3v) is 8.02. The first-order valence-electron chi connectivity index (χ1n) is 12.1. The van der Waals surface area contributed by atoms with Crippen LogP contribution < -0.4 is 9.46 Å². The lowest BCUT2D eigenvalue weighted by Crippen LogP contribution is -2.44. The van der Waals surface area contributed by atoms with E-state index in [1.807, 2.05) is 12.1 Å². The quantitative estimate of drug-likeness (QED) is 0.408. The summed E-state index contributed by atoms with van der Waals surface area (Å²) >= 11 is 0. The predicted octanol–water partition coefficient (Wildman–Crippen LogP) is 3.40. The van der Waals surface area contributed by atoms with E-state index in [9.17, 15) is 8.42 Å². The van der Waals surface area contributed by atoms with Gasteiger partial charge in [-0.25, -0.2) is 13.1 Å². The highest BCUT2D eigenvalue weighted by Gasteiger charge is 2.15. The molecule has 2 aromatic carbocycles. The van der Waals surface area contributed by atoms with Crippen molar-refractivity contribution in [3.05, 3.63) is 59.8 Å². The van der Waals surface area contributed by atoms with Gasteiger partial charge in [-0.15, -0.1) is 0 Å². The molecule has 1 fully saturated rings. The standard InChI is InChI=1S/C26H36N4O3S/c1-21-24(25-7-3-4-9-26(25)28-21)8-5-14-27-34(31,32)23-12-10-22(11-13-23)33-20-6-15-30-18-16-29(2)17-19-30/h3-4,7,9-13,27-28H,5-6,8,14-20H2,1-2H3. The largest absolute Gasteiger partial charge is 0.494 e. The van der Waals surface area contributed by atoms with Crippen LogP contribution in [0, 0.1) is 6.92 Å². The molecule has 4 rings (SSSR count). The zero-order valence-electron chi connectivity index (χ0n) is 20.2. The summed E-state index contributed by atoms with van der Waals surface area (Å²) < 4.78 is 33.9. The van der Waals surface area contributed by atoms with Gasteiger partial charge >= 0.3 is 0 Å². The van der Waals surface area contributed by atoms with E-state index in [0.29, 0.717) is 18.9 Å². The SMILES string of the molecule is Cc1[nH]c2ccccc2c1CCCNS(=O)(=O)c1ccc(OCCCN2CCN(C)CC2)cc1. The Morgan fingerprint density at radius 1 is 1.00 bits per heavy atom. The van der Waals surface area contributed by atoms with Gasteiger partial charge in [-0.05, 0) is 69.1 Å². The number of nitrogens with one attached hydrogen (secondary N) is 2. The van der Waals surface area contributed by atoms with Crippen molar-refractivity contribution in [2.45, 2.75) is 31.1 Å². The van der Waals surface area contributed by atoms with Crippen molar-refractivity contribution in [3.63, 3.8) is 0 Å². The van der Waals surface area contributed by atoms with E-state index in [-0.39, 0.29) is 4.90 Å². The molecule has 184 valence electrons. The van der Waals surface area contributed by atoms with Crippen LogP contribution in [0.15, 0.2) is 53.4 Å². The van der Waals surface area contributed by atoms with Gasteiger partial charge in [0.15, 0.2) is 0 Å². The molecule has 8 heteroatoms. The summed E-state index contributed by atoms with van der Waals surface area (Å²) in [5, 5.41) is 1.21. The average molecular weight is 485 g/mol. The summed E-state index contributed by atoms with van der Waals surface area (Å²) in [5.41, 5.74) is 3.52. The Labute approximate surface area is 203 Å². The molecule has 1 aliphatic rings. The van der Waals surface area contributed by atoms with Crippen LogP contribution in [0.5, 0.6) is 5.75 Å². The van der Waals surface area contributed by atoms with Crippen LogP contribution in [0.25, 0.3) is 10.9 Å². The lowest BCUT2D eigenvalue weighted by atomic mass is 10.1. The predicted molar refractivity (Wildman–Crippen MR) is 137 cm³/mol. The highest BCUT2D eigenvalue weighted by Crippen LogP contribution is 2.23. The zero-order valence-corrected chi connectivity index (χ0v) is 21.0. The molecule has 0 unspecified atom stereocenters. The summed E-state index contributed by atoms with van der Waals surface area (Å²) in [7, 11) is -1.38. The third kappa shape index (κ3) is 6.39. The van der Waals surface area contributed by atoms with Crippen molar-refractivity contribution in [3.8, 4) is 5.75 Å². The smallest absolute Gasteiger partial charge is 0.240 e. The maximum Gasteiger partial charge on any atom is 0.240 e. The number of likely N-dealkylation sites (N-methyl/N-ethyl adjacent to an activating group) is 1. The number of aromatic nitrogens is 1. The molecule has 2 heterocycles. The number of aryl methyl sites for hydroxylation is 2. The Bertz CT molecular complexity index is 1170. The molecule has 3 aromatic rings. The Hall–Kier alpha value is -2.39. The first kappa shape index (κ1) is 24.7. The highest BCUT2D eigenvalue weighted by molar-refractivity contribution is 7.89. The summed E-state index contributed by atoms with van der Waals surface area (Å²) in [6, 6.07) is 14.9. The van der Waals surface area contributed by atoms with E-state index < -0.39 is 10.0 Å². The second-order valence-corrected chi connectivity index (χ2v) is 10.9. The summed E-state index contributed by atoms with van der Waals surface area (Å²) in [4.78, 5) is 8.47. The van der Waals surface area contributed by atoms with E-state index in [2.05, 4.69) is 45.6 Å². The number of H-pyrrole nitrogens is 1. The lowest BCUT2D eigenvalue weighted by molar-refractivity contribution is 0.145. The number of nitrogens with zero attached hydrogens (tertiary/aromatic N) is 2. The van der Waals surface area contributed by atoms with E-state index in [4.69, 9.17) is 4.74 Å². The van der Waals surface area contributed by atoms with Crippen LogP contribution >= 0.6 is 0 Å². The van der Waals surface area contributed by atoms with Crippen LogP contribution in [-0.4, -0.2) is 76.1 Å². The second kappa shape index (κ2) is 11.4. The maximum absolute atomic E-state index is 12.7. The molecule has 0 aliphatic carbocycles. The Balaban J connectivity index is 1.20. The molecule has 0 radical (unpaired) electrons. The molecule has 0 saturated carbocycles. The van der Waals surface area contributed by atoms with E-state index in [0.717, 1.165) is 63.2 Å². The topological polar surface area (TPSA) is 77.7 Å². The van der Waals surface area contributed by atoms with Crippen LogP contribution in [0.2, 0.25) is 0 Å². The van der Waals surface area contributed by atoms with Crippen LogP contribution in [0.1, 0.15) is 24.1 Å². The number of sulfonamides is 1. The van der Waals surface area contributed by atoms with E-state index >= 15 is 0 Å². The number of fused-ring (bicyclic) bond motifs is 1. The minimum absolute atomic E-state index is 0.264. The lowest BCUT2D eigenvalue weighted by Gasteiger charge is -2.32. The fraction of sp³-hybridized carbons (Fsp3) is 0.462. The molecule has 0 spiro atoms. The van der Waals surface area contributed by atoms with E-state index in [1.54, 1.807) is 24.3 Å². The second-order valence-electron chi connectivity index (χ2n) is 9.09. The first-order chi connectivity index (χ1) is 16.4. The summed E-state index contributed by atoms with van der Waals surface area (Å²) in [6.07, 6.45) is 2.51. The van der Waals surface area contributed by atoms with Gasteiger partial charge in [0.05, 0.1) is 11.5 Å². The first-order valence-corrected chi connectivity index (χ1v) is 13.6. The van der Waals surface area contributed by atoms with Crippen molar-refractivity contribution in [2.75, 3.05) is 52.9 Å². The monoisotopic (exact) mass is 484 g/mol. The Kier molecular flexibility index (Phi) is 8.26. The van der Waals surface area contributed by atoms with Gasteiger partial charge in [-0.1, -0.05) is 18.2 Å². The van der Waals surface area contributed by atoms with Gasteiger partial charge < -0.3 is 19.5 Å². The number of hydrogen-bond acceptors (Lipinski definition) is 5. The number of para-hydroxylation sites is 1. The number of piperazine rings is 1. The molecule has 34 heavy (non-hydrogen) atoms. The molecule has 7 nitrogen and oxygen atoms in total. The Morgan fingerprint density at radius 3 is 2.50 bits per heavy atom. The van der Waals surface area contributed by atoms with Crippen molar-refractivity contribution >= 4 is 20.9 Å². The minimum Gasteiger partial charge on any atom is -0.494 e. The van der Waals surface area contributed by atoms with Crippen molar-refractivity contribution < 1.29 is 13.2 Å². The average Bonchev–Trinajstić information content (AvgIpc) is 3.16. The van der Waals surface area contributed by atoms with E-state index in [1.165, 1.54) is 10.9 Å².